The van der Waals surface area contributed by atoms with Gasteiger partial charge in [0.25, 0.3) is 0 Å². The van der Waals surface area contributed by atoms with Crippen molar-refractivity contribution in [1.82, 2.24) is 0 Å². The summed E-state index contributed by atoms with van der Waals surface area (Å²) in [6, 6.07) is 0. The molecule has 0 aromatic heterocycles. The van der Waals surface area contributed by atoms with Gasteiger partial charge in [-0.2, -0.15) is 0 Å². The second kappa shape index (κ2) is 61.8. The molecule has 0 fully saturated rings. The average molecular weight is 1040 g/mol. The lowest BCUT2D eigenvalue weighted by Gasteiger charge is -2.18. The van der Waals surface area contributed by atoms with Crippen LogP contribution in [0.4, 0.5) is 0 Å². The number of unbranched alkanes of at least 4 members (excludes halogenated alkanes) is 18. The van der Waals surface area contributed by atoms with Crippen LogP contribution >= 0.6 is 0 Å². The summed E-state index contributed by atoms with van der Waals surface area (Å²) in [7, 11) is 0. The highest BCUT2D eigenvalue weighted by Crippen LogP contribution is 2.14. The van der Waals surface area contributed by atoms with Crippen molar-refractivity contribution in [3.8, 4) is 0 Å². The SMILES string of the molecule is CC/C=C\C/C=C\C/C=C\C/C=C\CCCCCCCCC(=O)OCC(COC(=O)CCCCCCCC/C=C\C/C=C\C/C=C\C/C=C\CC)OC(=O)CCCCCCCC/C=C\C/C=C\C/C=C\C/C=C\CC. The predicted molar refractivity (Wildman–Crippen MR) is 325 cm³/mol. The minimum atomic E-state index is -0.806. The summed E-state index contributed by atoms with van der Waals surface area (Å²) in [5.41, 5.74) is 0. The Labute approximate surface area is 461 Å². The fraction of sp³-hybridized carbons (Fsp3) is 0.609. The molecule has 0 saturated carbocycles. The van der Waals surface area contributed by atoms with Crippen molar-refractivity contribution in [2.75, 3.05) is 13.2 Å². The fourth-order valence-electron chi connectivity index (χ4n) is 7.89. The van der Waals surface area contributed by atoms with Crippen LogP contribution in [0.1, 0.15) is 252 Å². The highest BCUT2D eigenvalue weighted by Gasteiger charge is 2.19. The third-order valence-electron chi connectivity index (χ3n) is 12.3. The topological polar surface area (TPSA) is 78.9 Å². The summed E-state index contributed by atoms with van der Waals surface area (Å²) in [6.45, 7) is 6.26. The van der Waals surface area contributed by atoms with Crippen LogP contribution in [0.5, 0.6) is 0 Å². The zero-order valence-electron chi connectivity index (χ0n) is 48.3. The molecule has 0 aliphatic rings. The van der Waals surface area contributed by atoms with E-state index in [9.17, 15) is 14.4 Å². The molecule has 0 saturated heterocycles. The Morgan fingerprint density at radius 2 is 0.480 bits per heavy atom. The molecule has 0 heterocycles. The van der Waals surface area contributed by atoms with Crippen LogP contribution in [0, 0.1) is 0 Å². The summed E-state index contributed by atoms with van der Waals surface area (Å²) in [5.74, 6) is -0.945. The standard InChI is InChI=1S/C69H110O6/c1-4-7-10-13-16-19-22-25-28-31-34-37-40-43-46-49-52-55-58-61-67(70)73-64-66(75-69(72)63-60-57-54-51-48-45-42-39-36-33-30-27-24-21-18-15-12-9-6-3)65-74-68(71)62-59-56-53-50-47-44-41-38-35-32-29-26-23-20-17-14-11-8-5-2/h7-12,16-21,25-30,34-39,66H,4-6,13-15,22-24,31-33,40-65H2,1-3H3/b10-7-,11-8-,12-9-,19-16-,20-17-,21-18-,28-25-,29-26-,30-27-,37-34-,38-35-,39-36-. The lowest BCUT2D eigenvalue weighted by Crippen LogP contribution is -2.30. The molecule has 0 atom stereocenters. The molecule has 422 valence electrons. The molecule has 0 amide bonds. The first-order valence-corrected chi connectivity index (χ1v) is 30.3. The summed E-state index contributed by atoms with van der Waals surface area (Å²) in [5, 5.41) is 0. The average Bonchev–Trinajstić information content (AvgIpc) is 3.41. The van der Waals surface area contributed by atoms with Gasteiger partial charge in [0.2, 0.25) is 0 Å². The van der Waals surface area contributed by atoms with Crippen LogP contribution < -0.4 is 0 Å². The van der Waals surface area contributed by atoms with Crippen molar-refractivity contribution < 1.29 is 28.6 Å². The third kappa shape index (κ3) is 60.0. The van der Waals surface area contributed by atoms with Gasteiger partial charge < -0.3 is 14.2 Å². The minimum absolute atomic E-state index is 0.102. The molecule has 0 spiro atoms. The maximum absolute atomic E-state index is 12.9. The van der Waals surface area contributed by atoms with Crippen LogP contribution in [-0.2, 0) is 28.6 Å². The second-order valence-electron chi connectivity index (χ2n) is 19.5. The van der Waals surface area contributed by atoms with E-state index in [4.69, 9.17) is 14.2 Å². The van der Waals surface area contributed by atoms with Crippen LogP contribution in [0.3, 0.4) is 0 Å². The van der Waals surface area contributed by atoms with E-state index in [0.717, 1.165) is 173 Å². The van der Waals surface area contributed by atoms with Gasteiger partial charge in [-0.05, 0) is 135 Å². The monoisotopic (exact) mass is 1030 g/mol. The largest absolute Gasteiger partial charge is 0.462 e. The van der Waals surface area contributed by atoms with Crippen molar-refractivity contribution in [1.29, 1.82) is 0 Å². The van der Waals surface area contributed by atoms with Gasteiger partial charge in [-0.25, -0.2) is 0 Å². The zero-order valence-corrected chi connectivity index (χ0v) is 48.3. The van der Waals surface area contributed by atoms with E-state index in [-0.39, 0.29) is 31.1 Å². The van der Waals surface area contributed by atoms with Gasteiger partial charge >= 0.3 is 17.9 Å². The van der Waals surface area contributed by atoms with E-state index < -0.39 is 6.10 Å². The smallest absolute Gasteiger partial charge is 0.306 e. The fourth-order valence-corrected chi connectivity index (χ4v) is 7.89. The molecular weight excluding hydrogens is 925 g/mol. The van der Waals surface area contributed by atoms with E-state index in [1.807, 2.05) is 0 Å². The Morgan fingerprint density at radius 1 is 0.267 bits per heavy atom. The van der Waals surface area contributed by atoms with Crippen molar-refractivity contribution in [2.24, 2.45) is 0 Å². The highest BCUT2D eigenvalue weighted by atomic mass is 16.6. The Morgan fingerprint density at radius 3 is 0.747 bits per heavy atom. The number of esters is 3. The van der Waals surface area contributed by atoms with Crippen LogP contribution in [-0.4, -0.2) is 37.2 Å². The van der Waals surface area contributed by atoms with Gasteiger partial charge in [0.05, 0.1) is 0 Å². The van der Waals surface area contributed by atoms with E-state index >= 15 is 0 Å². The van der Waals surface area contributed by atoms with Gasteiger partial charge in [0, 0.05) is 19.3 Å². The molecule has 6 heteroatoms. The molecule has 6 nitrogen and oxygen atoms in total. The van der Waals surface area contributed by atoms with Gasteiger partial charge in [-0.15, -0.1) is 0 Å². The molecule has 0 aliphatic carbocycles. The second-order valence-corrected chi connectivity index (χ2v) is 19.5. The first kappa shape index (κ1) is 70.3. The Kier molecular flexibility index (Phi) is 58.0. The van der Waals surface area contributed by atoms with E-state index in [1.54, 1.807) is 0 Å². The maximum atomic E-state index is 12.9. The lowest BCUT2D eigenvalue weighted by molar-refractivity contribution is -0.167. The summed E-state index contributed by atoms with van der Waals surface area (Å²) in [4.78, 5) is 38.3. The molecule has 0 N–H and O–H groups in total. The van der Waals surface area contributed by atoms with E-state index in [1.165, 1.54) is 38.5 Å². The van der Waals surface area contributed by atoms with Gasteiger partial charge in [0.15, 0.2) is 6.10 Å². The number of carbonyl (C=O) groups excluding carboxylic acids is 3. The van der Waals surface area contributed by atoms with E-state index in [2.05, 4.69) is 167 Å². The number of rotatable bonds is 53. The number of ether oxygens (including phenoxy) is 3. The normalized spacial score (nSPS) is 12.8. The van der Waals surface area contributed by atoms with Crippen molar-refractivity contribution in [3.05, 3.63) is 146 Å². The molecule has 0 aromatic carbocycles. The molecular formula is C69H110O6. The van der Waals surface area contributed by atoms with Crippen molar-refractivity contribution >= 4 is 17.9 Å². The maximum Gasteiger partial charge on any atom is 0.306 e. The summed E-state index contributed by atoms with van der Waals surface area (Å²) in [6.07, 6.45) is 88.3. The predicted octanol–water partition coefficient (Wildman–Crippen LogP) is 20.8. The zero-order chi connectivity index (χ0) is 54.3. The van der Waals surface area contributed by atoms with Gasteiger partial charge in [-0.1, -0.05) is 244 Å². The number of hydrogen-bond donors (Lipinski definition) is 0. The molecule has 0 radical (unpaired) electrons. The number of allylic oxidation sites excluding steroid dienone is 24. The van der Waals surface area contributed by atoms with Gasteiger partial charge in [-0.3, -0.25) is 14.4 Å². The quantitative estimate of drug-likeness (QED) is 0.0261. The molecule has 75 heavy (non-hydrogen) atoms. The lowest BCUT2D eigenvalue weighted by atomic mass is 10.1. The van der Waals surface area contributed by atoms with Crippen molar-refractivity contribution in [3.63, 3.8) is 0 Å². The summed E-state index contributed by atoms with van der Waals surface area (Å²) < 4.78 is 16.9. The Hall–Kier alpha value is -4.71. The summed E-state index contributed by atoms with van der Waals surface area (Å²) >= 11 is 0. The first-order chi connectivity index (χ1) is 37.0. The number of carbonyl (C=O) groups is 3. The van der Waals surface area contributed by atoms with Crippen LogP contribution in [0.25, 0.3) is 0 Å². The van der Waals surface area contributed by atoms with Crippen LogP contribution in [0.15, 0.2) is 146 Å². The Balaban J connectivity index is 4.50. The van der Waals surface area contributed by atoms with E-state index in [0.29, 0.717) is 19.3 Å². The molecule has 0 aliphatic heterocycles. The van der Waals surface area contributed by atoms with Gasteiger partial charge in [0.1, 0.15) is 13.2 Å². The molecule has 0 rings (SSSR count). The van der Waals surface area contributed by atoms with Crippen molar-refractivity contribution in [2.45, 2.75) is 258 Å². The number of hydrogen-bond acceptors (Lipinski definition) is 6. The molecule has 0 bridgehead atoms. The first-order valence-electron chi connectivity index (χ1n) is 30.3. The van der Waals surface area contributed by atoms with Crippen LogP contribution in [0.2, 0.25) is 0 Å². The Bertz CT molecular complexity index is 1580. The minimum Gasteiger partial charge on any atom is -0.462 e. The highest BCUT2D eigenvalue weighted by molar-refractivity contribution is 5.71. The third-order valence-corrected chi connectivity index (χ3v) is 12.3. The molecule has 0 aromatic rings. The molecule has 0 unspecified atom stereocenters.